The monoisotopic (exact) mass is 552 g/mol. The second kappa shape index (κ2) is 10.4. The first-order valence-electron chi connectivity index (χ1n) is 14.3. The van der Waals surface area contributed by atoms with Crippen molar-refractivity contribution in [2.24, 2.45) is 22.8 Å². The fraction of sp³-hybridized carbons (Fsp3) is 0.621. The van der Waals surface area contributed by atoms with E-state index in [0.29, 0.717) is 43.6 Å². The Labute approximate surface area is 236 Å². The maximum Gasteiger partial charge on any atom is 0.328 e. The zero-order chi connectivity index (χ0) is 28.9. The summed E-state index contributed by atoms with van der Waals surface area (Å²) in [6.07, 6.45) is 5.69. The van der Waals surface area contributed by atoms with E-state index in [9.17, 15) is 14.4 Å². The standard InChI is InChI=1S/C29H44N8O3/c1-27(2,31)24(38)35-11-13-36(14-12-35)25(39)32-29(4)9-10-37(26(40)33-29)23-7-5-20(6-8-23)17-34-18-21-15-22(30)16-28(21,3)19-34/h5-10,21-22H,11-19,30-31H2,1-4H3,(H,32,39)(H,33,40). The van der Waals surface area contributed by atoms with Crippen LogP contribution >= 0.6 is 0 Å². The molecule has 0 aromatic heterocycles. The first kappa shape index (κ1) is 28.4. The minimum atomic E-state index is -1.04. The third-order valence-electron chi connectivity index (χ3n) is 8.90. The van der Waals surface area contributed by atoms with Gasteiger partial charge in [0.25, 0.3) is 0 Å². The van der Waals surface area contributed by atoms with Crippen molar-refractivity contribution < 1.29 is 14.4 Å². The predicted octanol–water partition coefficient (Wildman–Crippen LogP) is 1.60. The third-order valence-corrected chi connectivity index (χ3v) is 8.90. The van der Waals surface area contributed by atoms with E-state index >= 15 is 0 Å². The van der Waals surface area contributed by atoms with E-state index in [4.69, 9.17) is 11.5 Å². The van der Waals surface area contributed by atoms with Gasteiger partial charge in [0, 0.05) is 58.1 Å². The van der Waals surface area contributed by atoms with Gasteiger partial charge >= 0.3 is 12.1 Å². The van der Waals surface area contributed by atoms with Crippen LogP contribution in [-0.2, 0) is 11.3 Å². The molecule has 11 nitrogen and oxygen atoms in total. The van der Waals surface area contributed by atoms with E-state index in [-0.39, 0.29) is 18.0 Å². The molecule has 3 fully saturated rings. The van der Waals surface area contributed by atoms with Gasteiger partial charge in [-0.1, -0.05) is 19.1 Å². The molecule has 218 valence electrons. The molecule has 40 heavy (non-hydrogen) atoms. The number of amides is 5. The molecule has 5 amide bonds. The molecule has 1 saturated carbocycles. The van der Waals surface area contributed by atoms with Crippen molar-refractivity contribution in [2.75, 3.05) is 44.2 Å². The summed E-state index contributed by atoms with van der Waals surface area (Å²) < 4.78 is 0. The maximum absolute atomic E-state index is 13.0. The Balaban J connectivity index is 1.14. The Morgan fingerprint density at radius 1 is 1.10 bits per heavy atom. The normalized spacial score (nSPS) is 30.9. The van der Waals surface area contributed by atoms with Crippen LogP contribution in [-0.4, -0.2) is 89.2 Å². The maximum atomic E-state index is 13.0. The molecule has 3 heterocycles. The molecule has 5 rings (SSSR count). The van der Waals surface area contributed by atoms with Gasteiger partial charge in [0.2, 0.25) is 5.91 Å². The minimum absolute atomic E-state index is 0.131. The highest BCUT2D eigenvalue weighted by atomic mass is 16.2. The van der Waals surface area contributed by atoms with Crippen LogP contribution in [0.2, 0.25) is 0 Å². The number of carbonyl (C=O) groups is 3. The number of piperazine rings is 1. The Bertz CT molecular complexity index is 1170. The van der Waals surface area contributed by atoms with Gasteiger partial charge in [-0.05, 0) is 68.7 Å². The molecule has 11 heteroatoms. The van der Waals surface area contributed by atoms with Crippen molar-refractivity contribution >= 4 is 23.7 Å². The molecule has 1 aromatic rings. The number of hydrogen-bond acceptors (Lipinski definition) is 6. The number of anilines is 1. The zero-order valence-electron chi connectivity index (χ0n) is 24.2. The Morgan fingerprint density at radius 2 is 1.75 bits per heavy atom. The molecule has 6 N–H and O–H groups in total. The number of nitrogens with one attached hydrogen (secondary N) is 2. The van der Waals surface area contributed by atoms with Crippen LogP contribution in [0.5, 0.6) is 0 Å². The molecule has 4 atom stereocenters. The Hall–Kier alpha value is -3.15. The van der Waals surface area contributed by atoms with Crippen LogP contribution in [0.1, 0.15) is 46.1 Å². The van der Waals surface area contributed by atoms with Crippen LogP contribution in [0.25, 0.3) is 0 Å². The highest BCUT2D eigenvalue weighted by molar-refractivity contribution is 5.96. The topological polar surface area (TPSA) is 140 Å². The summed E-state index contributed by atoms with van der Waals surface area (Å²) in [6, 6.07) is 7.78. The van der Waals surface area contributed by atoms with Crippen LogP contribution < -0.4 is 27.0 Å². The molecule has 0 spiro atoms. The van der Waals surface area contributed by atoms with Crippen LogP contribution in [0.15, 0.2) is 36.5 Å². The molecule has 2 saturated heterocycles. The van der Waals surface area contributed by atoms with Crippen molar-refractivity contribution in [1.82, 2.24) is 25.3 Å². The number of benzene rings is 1. The highest BCUT2D eigenvalue weighted by Crippen LogP contribution is 2.48. The number of rotatable bonds is 5. The average Bonchev–Trinajstić information content (AvgIpc) is 3.32. The van der Waals surface area contributed by atoms with Crippen LogP contribution in [0, 0.1) is 11.3 Å². The Kier molecular flexibility index (Phi) is 7.35. The van der Waals surface area contributed by atoms with Crippen molar-refractivity contribution in [3.05, 3.63) is 42.1 Å². The minimum Gasteiger partial charge on any atom is -0.338 e. The molecule has 3 aliphatic heterocycles. The van der Waals surface area contributed by atoms with Gasteiger partial charge in [0.1, 0.15) is 5.66 Å². The van der Waals surface area contributed by atoms with Gasteiger partial charge in [-0.2, -0.15) is 0 Å². The number of carbonyl (C=O) groups excluding carboxylic acids is 3. The first-order chi connectivity index (χ1) is 18.7. The average molecular weight is 553 g/mol. The van der Waals surface area contributed by atoms with Crippen LogP contribution in [0.4, 0.5) is 15.3 Å². The fourth-order valence-electron chi connectivity index (χ4n) is 6.73. The molecule has 4 unspecified atom stereocenters. The number of nitrogens with zero attached hydrogens (tertiary/aromatic N) is 4. The fourth-order valence-corrected chi connectivity index (χ4v) is 6.73. The number of likely N-dealkylation sites (tertiary alicyclic amines) is 1. The Morgan fingerprint density at radius 3 is 2.35 bits per heavy atom. The van der Waals surface area contributed by atoms with E-state index in [0.717, 1.165) is 38.2 Å². The smallest absolute Gasteiger partial charge is 0.328 e. The summed E-state index contributed by atoms with van der Waals surface area (Å²) in [5.74, 6) is 0.546. The number of urea groups is 2. The summed E-state index contributed by atoms with van der Waals surface area (Å²) in [5.41, 5.74) is 12.5. The lowest BCUT2D eigenvalue weighted by atomic mass is 9.83. The summed E-state index contributed by atoms with van der Waals surface area (Å²) >= 11 is 0. The highest BCUT2D eigenvalue weighted by Gasteiger charge is 2.48. The third kappa shape index (κ3) is 5.82. The van der Waals surface area contributed by atoms with Crippen molar-refractivity contribution in [3.63, 3.8) is 0 Å². The second-order valence-electron chi connectivity index (χ2n) is 13.1. The molecule has 4 aliphatic rings. The summed E-state index contributed by atoms with van der Waals surface area (Å²) in [7, 11) is 0. The first-order valence-corrected chi connectivity index (χ1v) is 14.3. The van der Waals surface area contributed by atoms with Crippen molar-refractivity contribution in [3.8, 4) is 0 Å². The lowest BCUT2D eigenvalue weighted by Crippen LogP contribution is -2.65. The van der Waals surface area contributed by atoms with Crippen molar-refractivity contribution in [1.29, 1.82) is 0 Å². The predicted molar refractivity (Wildman–Crippen MR) is 154 cm³/mol. The van der Waals surface area contributed by atoms with E-state index in [1.807, 2.05) is 12.1 Å². The largest absolute Gasteiger partial charge is 0.338 e. The SMILES string of the molecule is CC1(NC(=O)N2CCN(C(=O)C(C)(C)N)CC2)C=CN(c2ccc(CN3CC4CC(N)CC4(C)C3)cc2)C(=O)N1. The number of nitrogens with two attached hydrogens (primary N) is 2. The van der Waals surface area contributed by atoms with Gasteiger partial charge < -0.3 is 31.9 Å². The van der Waals surface area contributed by atoms with Gasteiger partial charge in [-0.3, -0.25) is 14.6 Å². The second-order valence-corrected chi connectivity index (χ2v) is 13.1. The molecular weight excluding hydrogens is 508 g/mol. The lowest BCUT2D eigenvalue weighted by Gasteiger charge is -2.40. The molecule has 0 radical (unpaired) electrons. The number of hydrogen-bond donors (Lipinski definition) is 4. The van der Waals surface area contributed by atoms with E-state index < -0.39 is 11.2 Å². The molecule has 1 aromatic carbocycles. The lowest BCUT2D eigenvalue weighted by molar-refractivity contribution is -0.137. The van der Waals surface area contributed by atoms with Crippen molar-refractivity contribution in [2.45, 2.75) is 64.3 Å². The van der Waals surface area contributed by atoms with Gasteiger partial charge in [0.15, 0.2) is 0 Å². The molecular formula is C29H44N8O3. The quantitative estimate of drug-likeness (QED) is 0.437. The summed E-state index contributed by atoms with van der Waals surface area (Å²) in [4.78, 5) is 45.8. The summed E-state index contributed by atoms with van der Waals surface area (Å²) in [5, 5.41) is 5.82. The van der Waals surface area contributed by atoms with E-state index in [2.05, 4.69) is 34.6 Å². The zero-order valence-corrected chi connectivity index (χ0v) is 24.2. The summed E-state index contributed by atoms with van der Waals surface area (Å²) in [6.45, 7) is 12.2. The van der Waals surface area contributed by atoms with E-state index in [1.165, 1.54) is 5.56 Å². The van der Waals surface area contributed by atoms with Gasteiger partial charge in [-0.15, -0.1) is 0 Å². The van der Waals surface area contributed by atoms with Crippen LogP contribution in [0.3, 0.4) is 0 Å². The van der Waals surface area contributed by atoms with Gasteiger partial charge in [-0.25, -0.2) is 9.59 Å². The number of fused-ring (bicyclic) bond motifs is 1. The molecule has 0 bridgehead atoms. The molecule has 1 aliphatic carbocycles. The van der Waals surface area contributed by atoms with E-state index in [1.54, 1.807) is 47.7 Å². The van der Waals surface area contributed by atoms with Gasteiger partial charge in [0.05, 0.1) is 11.2 Å².